The SMILES string of the molecule is CC(C)CNCC(C)Cc1cc(F)ccc1Br. The molecule has 0 saturated carbocycles. The Morgan fingerprint density at radius 2 is 1.94 bits per heavy atom. The van der Waals surface area contributed by atoms with Crippen LogP contribution in [0.5, 0.6) is 0 Å². The zero-order chi connectivity index (χ0) is 12.8. The highest BCUT2D eigenvalue weighted by Gasteiger charge is 2.08. The van der Waals surface area contributed by atoms with Crippen molar-refractivity contribution < 1.29 is 4.39 Å². The number of nitrogens with one attached hydrogen (secondary N) is 1. The van der Waals surface area contributed by atoms with Gasteiger partial charge in [0.05, 0.1) is 0 Å². The van der Waals surface area contributed by atoms with Gasteiger partial charge in [-0.15, -0.1) is 0 Å². The summed E-state index contributed by atoms with van der Waals surface area (Å²) in [7, 11) is 0. The van der Waals surface area contributed by atoms with Gasteiger partial charge in [-0.05, 0) is 55.1 Å². The van der Waals surface area contributed by atoms with Crippen LogP contribution in [0.25, 0.3) is 0 Å². The Hall–Kier alpha value is -0.410. The highest BCUT2D eigenvalue weighted by atomic mass is 79.9. The molecule has 3 heteroatoms. The molecule has 1 unspecified atom stereocenters. The van der Waals surface area contributed by atoms with Crippen molar-refractivity contribution in [2.75, 3.05) is 13.1 Å². The molecule has 0 saturated heterocycles. The van der Waals surface area contributed by atoms with Crippen molar-refractivity contribution in [2.24, 2.45) is 11.8 Å². The van der Waals surface area contributed by atoms with Crippen molar-refractivity contribution in [2.45, 2.75) is 27.2 Å². The lowest BCUT2D eigenvalue weighted by atomic mass is 10.0. The van der Waals surface area contributed by atoms with Crippen molar-refractivity contribution >= 4 is 15.9 Å². The Bertz CT molecular complexity index is 352. The van der Waals surface area contributed by atoms with E-state index in [0.717, 1.165) is 29.5 Å². The van der Waals surface area contributed by atoms with Crippen LogP contribution in [0.1, 0.15) is 26.3 Å². The molecule has 0 aliphatic rings. The van der Waals surface area contributed by atoms with Crippen molar-refractivity contribution in [3.8, 4) is 0 Å². The van der Waals surface area contributed by atoms with Crippen LogP contribution in [-0.4, -0.2) is 13.1 Å². The molecule has 1 atom stereocenters. The first kappa shape index (κ1) is 14.7. The Kier molecular flexibility index (Phi) is 6.14. The molecule has 0 aromatic heterocycles. The maximum absolute atomic E-state index is 13.1. The van der Waals surface area contributed by atoms with Gasteiger partial charge in [-0.1, -0.05) is 36.7 Å². The number of hydrogen-bond acceptors (Lipinski definition) is 1. The summed E-state index contributed by atoms with van der Waals surface area (Å²) in [6.07, 6.45) is 0.892. The van der Waals surface area contributed by atoms with E-state index in [1.54, 1.807) is 12.1 Å². The molecule has 96 valence electrons. The predicted molar refractivity (Wildman–Crippen MR) is 74.7 cm³/mol. The third-order valence-electron chi connectivity index (χ3n) is 2.62. The number of halogens is 2. The second-order valence-electron chi connectivity index (χ2n) is 5.10. The standard InChI is InChI=1S/C14H21BrFN/c1-10(2)8-17-9-11(3)6-12-7-13(16)4-5-14(12)15/h4-5,7,10-11,17H,6,8-9H2,1-3H3. The smallest absolute Gasteiger partial charge is 0.123 e. The fraction of sp³-hybridized carbons (Fsp3) is 0.571. The average molecular weight is 302 g/mol. The molecular weight excluding hydrogens is 281 g/mol. The van der Waals surface area contributed by atoms with Crippen LogP contribution < -0.4 is 5.32 Å². The summed E-state index contributed by atoms with van der Waals surface area (Å²) in [5.41, 5.74) is 1.05. The molecule has 1 N–H and O–H groups in total. The lowest BCUT2D eigenvalue weighted by molar-refractivity contribution is 0.472. The van der Waals surface area contributed by atoms with Gasteiger partial charge < -0.3 is 5.32 Å². The van der Waals surface area contributed by atoms with Crippen molar-refractivity contribution in [3.05, 3.63) is 34.1 Å². The molecule has 0 aliphatic heterocycles. The highest BCUT2D eigenvalue weighted by molar-refractivity contribution is 9.10. The van der Waals surface area contributed by atoms with E-state index < -0.39 is 0 Å². The van der Waals surface area contributed by atoms with Gasteiger partial charge in [-0.2, -0.15) is 0 Å². The van der Waals surface area contributed by atoms with E-state index in [9.17, 15) is 4.39 Å². The minimum absolute atomic E-state index is 0.162. The van der Waals surface area contributed by atoms with E-state index in [-0.39, 0.29) is 5.82 Å². The summed E-state index contributed by atoms with van der Waals surface area (Å²) in [5.74, 6) is 1.01. The van der Waals surface area contributed by atoms with Gasteiger partial charge in [0.15, 0.2) is 0 Å². The average Bonchev–Trinajstić information content (AvgIpc) is 2.23. The zero-order valence-electron chi connectivity index (χ0n) is 10.8. The third kappa shape index (κ3) is 5.64. The zero-order valence-corrected chi connectivity index (χ0v) is 12.3. The van der Waals surface area contributed by atoms with Gasteiger partial charge in [-0.3, -0.25) is 0 Å². The lowest BCUT2D eigenvalue weighted by Crippen LogP contribution is -2.26. The second kappa shape index (κ2) is 7.12. The highest BCUT2D eigenvalue weighted by Crippen LogP contribution is 2.20. The summed E-state index contributed by atoms with van der Waals surface area (Å²) < 4.78 is 14.1. The molecule has 1 rings (SSSR count). The van der Waals surface area contributed by atoms with Crippen LogP contribution in [-0.2, 0) is 6.42 Å². The van der Waals surface area contributed by atoms with E-state index in [0.29, 0.717) is 11.8 Å². The van der Waals surface area contributed by atoms with E-state index >= 15 is 0 Å². The number of hydrogen-bond donors (Lipinski definition) is 1. The molecule has 0 spiro atoms. The van der Waals surface area contributed by atoms with E-state index in [2.05, 4.69) is 42.0 Å². The summed E-state index contributed by atoms with van der Waals surface area (Å²) in [6.45, 7) is 8.59. The molecular formula is C14H21BrFN. The summed E-state index contributed by atoms with van der Waals surface area (Å²) >= 11 is 3.46. The maximum atomic E-state index is 13.1. The molecule has 0 bridgehead atoms. The van der Waals surface area contributed by atoms with Crippen molar-refractivity contribution in [1.82, 2.24) is 5.32 Å². The number of rotatable bonds is 6. The van der Waals surface area contributed by atoms with E-state index in [4.69, 9.17) is 0 Å². The molecule has 1 aromatic rings. The van der Waals surface area contributed by atoms with Crippen LogP contribution in [0.2, 0.25) is 0 Å². The van der Waals surface area contributed by atoms with E-state index in [1.807, 2.05) is 0 Å². The fourth-order valence-electron chi connectivity index (χ4n) is 1.77. The van der Waals surface area contributed by atoms with Gasteiger partial charge in [0.25, 0.3) is 0 Å². The first-order chi connectivity index (χ1) is 7.99. The number of benzene rings is 1. The van der Waals surface area contributed by atoms with Gasteiger partial charge >= 0.3 is 0 Å². The topological polar surface area (TPSA) is 12.0 Å². The Balaban J connectivity index is 2.44. The fourth-order valence-corrected chi connectivity index (χ4v) is 2.17. The quantitative estimate of drug-likeness (QED) is 0.837. The van der Waals surface area contributed by atoms with Gasteiger partial charge in [0, 0.05) is 4.47 Å². The minimum atomic E-state index is -0.162. The van der Waals surface area contributed by atoms with Crippen LogP contribution in [0.15, 0.2) is 22.7 Å². The van der Waals surface area contributed by atoms with Gasteiger partial charge in [-0.25, -0.2) is 4.39 Å². The van der Waals surface area contributed by atoms with Crippen molar-refractivity contribution in [3.63, 3.8) is 0 Å². The van der Waals surface area contributed by atoms with Crippen molar-refractivity contribution in [1.29, 1.82) is 0 Å². The summed E-state index contributed by atoms with van der Waals surface area (Å²) in [4.78, 5) is 0. The van der Waals surface area contributed by atoms with Crippen LogP contribution >= 0.6 is 15.9 Å². The molecule has 0 radical (unpaired) electrons. The van der Waals surface area contributed by atoms with Gasteiger partial charge in [0.1, 0.15) is 5.82 Å². The normalized spacial score (nSPS) is 13.1. The van der Waals surface area contributed by atoms with Crippen LogP contribution in [0.3, 0.4) is 0 Å². The second-order valence-corrected chi connectivity index (χ2v) is 5.95. The first-order valence-electron chi connectivity index (χ1n) is 6.13. The largest absolute Gasteiger partial charge is 0.316 e. The lowest BCUT2D eigenvalue weighted by Gasteiger charge is -2.15. The maximum Gasteiger partial charge on any atom is 0.123 e. The van der Waals surface area contributed by atoms with Crippen LogP contribution in [0, 0.1) is 17.7 Å². The third-order valence-corrected chi connectivity index (χ3v) is 3.40. The van der Waals surface area contributed by atoms with E-state index in [1.165, 1.54) is 6.07 Å². The minimum Gasteiger partial charge on any atom is -0.316 e. The Morgan fingerprint density at radius 1 is 1.24 bits per heavy atom. The molecule has 0 fully saturated rings. The Labute approximate surface area is 112 Å². The molecule has 1 nitrogen and oxygen atoms in total. The van der Waals surface area contributed by atoms with Gasteiger partial charge in [0.2, 0.25) is 0 Å². The molecule has 0 heterocycles. The molecule has 1 aromatic carbocycles. The Morgan fingerprint density at radius 3 is 2.59 bits per heavy atom. The molecule has 0 aliphatic carbocycles. The van der Waals surface area contributed by atoms with Crippen LogP contribution in [0.4, 0.5) is 4.39 Å². The molecule has 0 amide bonds. The summed E-state index contributed by atoms with van der Waals surface area (Å²) in [6, 6.07) is 4.87. The molecule has 17 heavy (non-hydrogen) atoms. The predicted octanol–water partition coefficient (Wildman–Crippen LogP) is 4.01. The summed E-state index contributed by atoms with van der Waals surface area (Å²) in [5, 5.41) is 3.43. The monoisotopic (exact) mass is 301 g/mol. The first-order valence-corrected chi connectivity index (χ1v) is 6.93.